The van der Waals surface area contributed by atoms with E-state index in [0.29, 0.717) is 12.8 Å². The first-order valence-electron chi connectivity index (χ1n) is 16.8. The summed E-state index contributed by atoms with van der Waals surface area (Å²) in [6.07, 6.45) is 12.8. The molecule has 282 valence electrons. The summed E-state index contributed by atoms with van der Waals surface area (Å²) >= 11 is 0. The number of carbonyl (C=O) groups is 6. The zero-order valence-corrected chi connectivity index (χ0v) is 29.3. The van der Waals surface area contributed by atoms with E-state index in [0.717, 1.165) is 18.2 Å². The highest BCUT2D eigenvalue weighted by atomic mass is 16.8. The molecule has 0 aromatic rings. The van der Waals surface area contributed by atoms with Crippen LogP contribution in [0.2, 0.25) is 0 Å². The second kappa shape index (κ2) is 14.9. The fourth-order valence-corrected chi connectivity index (χ4v) is 5.65. The number of esters is 6. The van der Waals surface area contributed by atoms with Crippen molar-refractivity contribution >= 4 is 35.8 Å². The van der Waals surface area contributed by atoms with E-state index in [4.69, 9.17) is 37.9 Å². The molecule has 3 fully saturated rings. The maximum Gasteiger partial charge on any atom is 0.348 e. The molecule has 1 unspecified atom stereocenters. The average molecular weight is 737 g/mol. The summed E-state index contributed by atoms with van der Waals surface area (Å²) in [6.45, 7) is 6.60. The molecule has 5 aliphatic rings. The van der Waals surface area contributed by atoms with Gasteiger partial charge < -0.3 is 48.1 Å². The number of rotatable bonds is 9. The van der Waals surface area contributed by atoms with E-state index in [1.807, 2.05) is 0 Å². The van der Waals surface area contributed by atoms with Gasteiger partial charge in [-0.1, -0.05) is 57.2 Å². The molecular weight excluding hydrogens is 700 g/mol. The Morgan fingerprint density at radius 2 is 0.887 bits per heavy atom. The standard InChI is InChI=1S/C37H38O16/c1-5-34(4)46-26(38)22(27(39)47-34)14-10-8-12-16-24-30(42)50-36(51-31(24)43)18-20-37(21-19-36)52-32(44)25(33(45)53-37)17-13-9-11-15-23-28(40)48-35(6-2,7-3)49-29(23)41/h8-17,38,40H,5-7,18-21H2,1-4H3/p-2/b12-8+,13-9+,14-10+,15-11+,24-16?,25-17?. The summed E-state index contributed by atoms with van der Waals surface area (Å²) in [6, 6.07) is 0. The Morgan fingerprint density at radius 3 is 1.25 bits per heavy atom. The third kappa shape index (κ3) is 8.05. The van der Waals surface area contributed by atoms with Gasteiger partial charge in [0.1, 0.15) is 11.1 Å². The van der Waals surface area contributed by atoms with Gasteiger partial charge in [-0.25, -0.2) is 28.8 Å². The van der Waals surface area contributed by atoms with Gasteiger partial charge in [0, 0.05) is 25.7 Å². The van der Waals surface area contributed by atoms with Gasteiger partial charge in [0.05, 0.1) is 23.0 Å². The molecule has 1 atom stereocenters. The van der Waals surface area contributed by atoms with Crippen molar-refractivity contribution in [2.75, 3.05) is 0 Å². The Bertz CT molecular complexity index is 1790. The van der Waals surface area contributed by atoms with Crippen molar-refractivity contribution in [2.45, 2.75) is 95.8 Å². The monoisotopic (exact) mass is 736 g/mol. The van der Waals surface area contributed by atoms with Crippen LogP contribution in [0, 0.1) is 0 Å². The highest BCUT2D eigenvalue weighted by Gasteiger charge is 2.56. The maximum absolute atomic E-state index is 12.8. The van der Waals surface area contributed by atoms with Crippen molar-refractivity contribution < 1.29 is 76.9 Å². The highest BCUT2D eigenvalue weighted by molar-refractivity contribution is 6.16. The van der Waals surface area contributed by atoms with Gasteiger partial charge in [0.25, 0.3) is 11.6 Å². The van der Waals surface area contributed by atoms with E-state index >= 15 is 0 Å². The van der Waals surface area contributed by atoms with E-state index in [9.17, 15) is 39.0 Å². The predicted octanol–water partition coefficient (Wildman–Crippen LogP) is 2.16. The normalized spacial score (nSPS) is 29.0. The molecule has 2 spiro atoms. The molecule has 1 saturated carbocycles. The smallest absolute Gasteiger partial charge is 0.348 e. The summed E-state index contributed by atoms with van der Waals surface area (Å²) in [5.41, 5.74) is -1.51. The molecule has 4 aliphatic heterocycles. The molecule has 0 aromatic heterocycles. The van der Waals surface area contributed by atoms with Crippen LogP contribution in [0.15, 0.2) is 94.9 Å². The predicted molar refractivity (Wildman–Crippen MR) is 171 cm³/mol. The Morgan fingerprint density at radius 1 is 0.491 bits per heavy atom. The first-order valence-corrected chi connectivity index (χ1v) is 16.8. The van der Waals surface area contributed by atoms with Crippen molar-refractivity contribution in [3.8, 4) is 0 Å². The summed E-state index contributed by atoms with van der Waals surface area (Å²) in [4.78, 5) is 75.7. The van der Waals surface area contributed by atoms with Gasteiger partial charge in [-0.15, -0.1) is 0 Å². The molecule has 0 aromatic carbocycles. The third-order valence-corrected chi connectivity index (χ3v) is 9.04. The number of carbonyl (C=O) groups excluding carboxylic acids is 6. The largest absolute Gasteiger partial charge is 0.574 e. The Kier molecular flexibility index (Phi) is 10.7. The Labute approximate surface area is 303 Å². The lowest BCUT2D eigenvalue weighted by molar-refractivity contribution is -0.399. The quantitative estimate of drug-likeness (QED) is 0.109. The van der Waals surface area contributed by atoms with Gasteiger partial charge in [-0.2, -0.15) is 0 Å². The fraction of sp³-hybridized carbons (Fsp3) is 0.405. The summed E-state index contributed by atoms with van der Waals surface area (Å²) in [5.74, 6) is -13.3. The van der Waals surface area contributed by atoms with Crippen molar-refractivity contribution in [1.82, 2.24) is 0 Å². The van der Waals surface area contributed by atoms with Crippen LogP contribution >= 0.6 is 0 Å². The molecule has 16 nitrogen and oxygen atoms in total. The molecule has 1 aliphatic carbocycles. The van der Waals surface area contributed by atoms with Crippen molar-refractivity contribution in [2.24, 2.45) is 0 Å². The van der Waals surface area contributed by atoms with Crippen LogP contribution < -0.4 is 10.2 Å². The fourth-order valence-electron chi connectivity index (χ4n) is 5.65. The van der Waals surface area contributed by atoms with Crippen LogP contribution in [0.1, 0.15) is 72.6 Å². The molecular formula is C37H36O16-2. The SMILES string of the molecule is CCC1(C)OC(=O)C(/C=C/C=C/C=C2C(=O)OC3(CCC4(CC3)OC(=O)C(=C/C=C/C=C/C3=C([O-])OC(CC)(CC)OC3=O)C(=O)O4)OC2=O)=C([O-])O1. The van der Waals surface area contributed by atoms with Crippen LogP contribution in [0.5, 0.6) is 0 Å². The molecule has 2 saturated heterocycles. The molecule has 5 rings (SSSR count). The molecule has 0 N–H and O–H groups in total. The van der Waals surface area contributed by atoms with E-state index in [1.54, 1.807) is 20.8 Å². The molecule has 16 heteroatoms. The van der Waals surface area contributed by atoms with Crippen LogP contribution in [0.25, 0.3) is 0 Å². The van der Waals surface area contributed by atoms with Gasteiger partial charge in [-0.05, 0) is 50.5 Å². The summed E-state index contributed by atoms with van der Waals surface area (Å²) < 4.78 is 42.8. The lowest BCUT2D eigenvalue weighted by Crippen LogP contribution is -2.56. The molecule has 4 heterocycles. The Balaban J connectivity index is 1.14. The topological polar surface area (TPSA) is 222 Å². The van der Waals surface area contributed by atoms with E-state index in [1.165, 1.54) is 49.5 Å². The molecule has 0 radical (unpaired) electrons. The maximum atomic E-state index is 12.8. The Hall–Kier alpha value is -6.06. The minimum Gasteiger partial charge on any atom is -0.574 e. The average Bonchev–Trinajstić information content (AvgIpc) is 3.10. The second-order valence-corrected chi connectivity index (χ2v) is 12.5. The number of cyclic esters (lactones) is 2. The van der Waals surface area contributed by atoms with Crippen molar-refractivity contribution in [1.29, 1.82) is 0 Å². The number of hydrogen-bond acceptors (Lipinski definition) is 16. The van der Waals surface area contributed by atoms with Crippen LogP contribution in [0.4, 0.5) is 0 Å². The molecule has 53 heavy (non-hydrogen) atoms. The first kappa shape index (κ1) is 38.2. The van der Waals surface area contributed by atoms with E-state index in [-0.39, 0.29) is 43.3 Å². The van der Waals surface area contributed by atoms with Crippen molar-refractivity contribution in [3.05, 3.63) is 94.9 Å². The number of allylic oxidation sites excluding steroid dienone is 8. The van der Waals surface area contributed by atoms with E-state index < -0.39 is 82.0 Å². The zero-order chi connectivity index (χ0) is 38.6. The number of hydrogen-bond donors (Lipinski definition) is 0. The number of ether oxygens (including phenoxy) is 8. The minimum absolute atomic E-state index is 0.149. The van der Waals surface area contributed by atoms with Gasteiger partial charge in [0.15, 0.2) is 11.6 Å². The van der Waals surface area contributed by atoms with E-state index in [2.05, 4.69) is 0 Å². The molecule has 0 amide bonds. The van der Waals surface area contributed by atoms with Gasteiger partial charge in [-0.3, -0.25) is 0 Å². The van der Waals surface area contributed by atoms with Crippen molar-refractivity contribution in [3.63, 3.8) is 0 Å². The molecule has 0 bridgehead atoms. The summed E-state index contributed by atoms with van der Waals surface area (Å²) in [7, 11) is 0. The third-order valence-electron chi connectivity index (χ3n) is 9.04. The second-order valence-electron chi connectivity index (χ2n) is 12.5. The van der Waals surface area contributed by atoms with Gasteiger partial charge >= 0.3 is 35.8 Å². The van der Waals surface area contributed by atoms with Crippen LogP contribution in [0.3, 0.4) is 0 Å². The minimum atomic E-state index is -1.68. The lowest BCUT2D eigenvalue weighted by atomic mass is 9.87. The highest BCUT2D eigenvalue weighted by Crippen LogP contribution is 2.45. The summed E-state index contributed by atoms with van der Waals surface area (Å²) in [5, 5.41) is 24.5. The first-order chi connectivity index (χ1) is 25.1. The van der Waals surface area contributed by atoms with Gasteiger partial charge in [0.2, 0.25) is 0 Å². The van der Waals surface area contributed by atoms with Crippen LogP contribution in [-0.4, -0.2) is 59.0 Å². The zero-order valence-electron chi connectivity index (χ0n) is 29.3. The van der Waals surface area contributed by atoms with Crippen LogP contribution in [-0.2, 0) is 66.7 Å². The lowest BCUT2D eigenvalue weighted by Gasteiger charge is -2.45.